The minimum atomic E-state index is -3.73. The highest BCUT2D eigenvalue weighted by Gasteiger charge is 2.35. The van der Waals surface area contributed by atoms with Gasteiger partial charge in [0.15, 0.2) is 0 Å². The summed E-state index contributed by atoms with van der Waals surface area (Å²) in [6, 6.07) is 8.79. The molecule has 1 saturated heterocycles. The first-order valence-corrected chi connectivity index (χ1v) is 12.6. The van der Waals surface area contributed by atoms with Crippen LogP contribution in [0.25, 0.3) is 6.08 Å². The third-order valence-corrected chi connectivity index (χ3v) is 7.53. The van der Waals surface area contributed by atoms with Gasteiger partial charge >= 0.3 is 0 Å². The zero-order valence-corrected chi connectivity index (χ0v) is 19.8. The van der Waals surface area contributed by atoms with Gasteiger partial charge in [0.1, 0.15) is 6.04 Å². The normalized spacial score (nSPS) is 19.0. The predicted molar refractivity (Wildman–Crippen MR) is 126 cm³/mol. The van der Waals surface area contributed by atoms with Crippen molar-refractivity contribution in [1.29, 1.82) is 0 Å². The monoisotopic (exact) mass is 497 g/mol. The molecular weight excluding hydrogens is 474 g/mol. The van der Waals surface area contributed by atoms with Crippen molar-refractivity contribution in [3.63, 3.8) is 0 Å². The summed E-state index contributed by atoms with van der Waals surface area (Å²) in [5.74, 6) is -0.214. The van der Waals surface area contributed by atoms with E-state index in [1.807, 2.05) is 6.07 Å². The van der Waals surface area contributed by atoms with E-state index in [0.717, 1.165) is 35.5 Å². The molecular formula is C21H24ClN3O5S2. The van der Waals surface area contributed by atoms with Crippen LogP contribution >= 0.6 is 22.9 Å². The van der Waals surface area contributed by atoms with Crippen LogP contribution in [-0.4, -0.2) is 57.0 Å². The van der Waals surface area contributed by atoms with Crippen LogP contribution in [0.4, 0.5) is 5.69 Å². The van der Waals surface area contributed by atoms with Crippen LogP contribution in [-0.2, 0) is 32.6 Å². The Bertz CT molecular complexity index is 1120. The summed E-state index contributed by atoms with van der Waals surface area (Å²) in [6.45, 7) is 2.15. The number of anilines is 1. The van der Waals surface area contributed by atoms with E-state index in [9.17, 15) is 13.2 Å². The molecule has 8 nitrogen and oxygen atoms in total. The maximum Gasteiger partial charge on any atom is 0.290 e. The fourth-order valence-corrected chi connectivity index (χ4v) is 5.78. The highest BCUT2D eigenvalue weighted by atomic mass is 35.5. The predicted octanol–water partition coefficient (Wildman–Crippen LogP) is 2.79. The average molecular weight is 498 g/mol. The van der Waals surface area contributed by atoms with E-state index in [0.29, 0.717) is 17.3 Å². The molecule has 0 bridgehead atoms. The van der Waals surface area contributed by atoms with Crippen LogP contribution in [0.3, 0.4) is 0 Å². The number of halogens is 1. The number of nitrogens with zero attached hydrogens (tertiary/aromatic N) is 2. The second kappa shape index (κ2) is 10.6. The number of hydrogen-bond donors (Lipinski definition) is 2. The van der Waals surface area contributed by atoms with Crippen LogP contribution in [0.1, 0.15) is 22.4 Å². The number of amides is 1. The number of thiophene rings is 1. The van der Waals surface area contributed by atoms with Gasteiger partial charge in [-0.1, -0.05) is 17.7 Å². The van der Waals surface area contributed by atoms with Gasteiger partial charge in [0.2, 0.25) is 15.9 Å². The Morgan fingerprint density at radius 2 is 1.97 bits per heavy atom. The number of hydrogen-bond acceptors (Lipinski definition) is 6. The third-order valence-electron chi connectivity index (χ3n) is 5.22. The van der Waals surface area contributed by atoms with Gasteiger partial charge in [-0.2, -0.15) is 4.72 Å². The lowest BCUT2D eigenvalue weighted by molar-refractivity contribution is -0.123. The third kappa shape index (κ3) is 6.17. The van der Waals surface area contributed by atoms with Crippen LogP contribution in [0.15, 0.2) is 35.7 Å². The SMILES string of the molecule is CN1CCc2cc(N3CC[C@H](NS(=O)(=O)/C=C/c4ccc(Cl)s4)C3=O)ccc2C1.O=CO. The molecule has 1 aromatic carbocycles. The molecule has 172 valence electrons. The average Bonchev–Trinajstić information content (AvgIpc) is 3.32. The minimum absolute atomic E-state index is 0.214. The van der Waals surface area contributed by atoms with Crippen molar-refractivity contribution >= 4 is 57.1 Å². The second-order valence-electron chi connectivity index (χ2n) is 7.48. The maximum atomic E-state index is 12.8. The first-order valence-electron chi connectivity index (χ1n) is 9.87. The molecule has 0 aliphatic carbocycles. The first kappa shape index (κ1) is 24.4. The van der Waals surface area contributed by atoms with Gasteiger partial charge in [0, 0.05) is 35.6 Å². The lowest BCUT2D eigenvalue weighted by Crippen LogP contribution is -2.40. The Kier molecular flexibility index (Phi) is 8.07. The van der Waals surface area contributed by atoms with Gasteiger partial charge in [0.25, 0.3) is 6.47 Å². The summed E-state index contributed by atoms with van der Waals surface area (Å²) in [7, 11) is -1.64. The molecule has 11 heteroatoms. The van der Waals surface area contributed by atoms with Gasteiger partial charge < -0.3 is 14.9 Å². The molecule has 1 aromatic heterocycles. The Balaban J connectivity index is 0.000000913. The van der Waals surface area contributed by atoms with Crippen molar-refractivity contribution in [2.24, 2.45) is 0 Å². The Morgan fingerprint density at radius 1 is 1.22 bits per heavy atom. The minimum Gasteiger partial charge on any atom is -0.483 e. The molecule has 1 atom stereocenters. The smallest absolute Gasteiger partial charge is 0.290 e. The van der Waals surface area contributed by atoms with Crippen LogP contribution < -0.4 is 9.62 Å². The number of sulfonamides is 1. The van der Waals surface area contributed by atoms with E-state index in [4.69, 9.17) is 21.5 Å². The van der Waals surface area contributed by atoms with E-state index >= 15 is 0 Å². The van der Waals surface area contributed by atoms with Crippen LogP contribution in [0.2, 0.25) is 4.34 Å². The van der Waals surface area contributed by atoms with E-state index in [-0.39, 0.29) is 12.4 Å². The molecule has 3 heterocycles. The van der Waals surface area contributed by atoms with E-state index in [1.54, 1.807) is 17.0 Å². The number of carboxylic acid groups (broad SMARTS) is 1. The molecule has 1 amide bonds. The summed E-state index contributed by atoms with van der Waals surface area (Å²) in [6.07, 6.45) is 2.88. The number of carbonyl (C=O) groups excluding carboxylic acids is 1. The zero-order chi connectivity index (χ0) is 23.3. The molecule has 0 unspecified atom stereocenters. The summed E-state index contributed by atoms with van der Waals surface area (Å²) >= 11 is 7.15. The van der Waals surface area contributed by atoms with Gasteiger partial charge in [-0.05, 0) is 61.4 Å². The number of nitrogens with one attached hydrogen (secondary N) is 1. The quantitative estimate of drug-likeness (QED) is 0.615. The standard InChI is InChI=1S/C20H22ClN3O3S2.CH2O2/c1-23-9-6-14-12-16(3-2-15(14)13-23)24-10-7-18(20(24)25)22-29(26,27)11-8-17-4-5-19(21)28-17;2-1-3/h2-5,8,11-12,18,22H,6-7,9-10,13H2,1H3;1H,(H,2,3)/b11-8+;/t18-;/m0./s1. The van der Waals surface area contributed by atoms with Crippen molar-refractivity contribution < 1.29 is 23.1 Å². The van der Waals surface area contributed by atoms with Crippen LogP contribution in [0.5, 0.6) is 0 Å². The highest BCUT2D eigenvalue weighted by Crippen LogP contribution is 2.28. The van der Waals surface area contributed by atoms with E-state index in [1.165, 1.54) is 28.5 Å². The molecule has 0 radical (unpaired) electrons. The lowest BCUT2D eigenvalue weighted by atomic mass is 9.99. The Morgan fingerprint density at radius 3 is 2.66 bits per heavy atom. The van der Waals surface area contributed by atoms with Gasteiger partial charge in [-0.3, -0.25) is 9.59 Å². The summed E-state index contributed by atoms with van der Waals surface area (Å²) < 4.78 is 27.9. The van der Waals surface area contributed by atoms with Gasteiger partial charge in [0.05, 0.1) is 4.34 Å². The molecule has 4 rings (SSSR count). The van der Waals surface area contributed by atoms with Crippen molar-refractivity contribution in [2.75, 3.05) is 25.0 Å². The molecule has 2 aromatic rings. The molecule has 0 saturated carbocycles. The number of fused-ring (bicyclic) bond motifs is 1. The van der Waals surface area contributed by atoms with Crippen molar-refractivity contribution in [3.8, 4) is 0 Å². The Labute approximate surface area is 196 Å². The number of benzene rings is 1. The number of likely N-dealkylation sites (N-methyl/N-ethyl adjacent to an activating group) is 1. The molecule has 2 aliphatic rings. The van der Waals surface area contributed by atoms with Crippen LogP contribution in [0, 0.1) is 0 Å². The topological polar surface area (TPSA) is 107 Å². The van der Waals surface area contributed by atoms with E-state index < -0.39 is 16.1 Å². The fraction of sp³-hybridized carbons (Fsp3) is 0.333. The highest BCUT2D eigenvalue weighted by molar-refractivity contribution is 7.92. The zero-order valence-electron chi connectivity index (χ0n) is 17.4. The molecule has 2 N–H and O–H groups in total. The molecule has 1 fully saturated rings. The lowest BCUT2D eigenvalue weighted by Gasteiger charge is -2.26. The largest absolute Gasteiger partial charge is 0.483 e. The second-order valence-corrected chi connectivity index (χ2v) is 10.8. The molecule has 32 heavy (non-hydrogen) atoms. The van der Waals surface area contributed by atoms with Crippen molar-refractivity contribution in [1.82, 2.24) is 9.62 Å². The Hall–Kier alpha value is -2.24. The first-order chi connectivity index (χ1) is 15.2. The van der Waals surface area contributed by atoms with Crippen molar-refractivity contribution in [2.45, 2.75) is 25.4 Å². The summed E-state index contributed by atoms with van der Waals surface area (Å²) in [5.41, 5.74) is 3.38. The van der Waals surface area contributed by atoms with Gasteiger partial charge in [-0.25, -0.2) is 8.42 Å². The van der Waals surface area contributed by atoms with Gasteiger partial charge in [-0.15, -0.1) is 11.3 Å². The maximum absolute atomic E-state index is 12.8. The number of carbonyl (C=O) groups is 2. The van der Waals surface area contributed by atoms with E-state index in [2.05, 4.69) is 28.8 Å². The van der Waals surface area contributed by atoms with Crippen molar-refractivity contribution in [3.05, 3.63) is 56.1 Å². The number of rotatable bonds is 5. The summed E-state index contributed by atoms with van der Waals surface area (Å²) in [5, 5.41) is 7.97. The fourth-order valence-electron chi connectivity index (χ4n) is 3.71. The molecule has 2 aliphatic heterocycles. The molecule has 0 spiro atoms. The summed E-state index contributed by atoms with van der Waals surface area (Å²) in [4.78, 5) is 25.9.